The first-order valence-corrected chi connectivity index (χ1v) is 12.6. The van der Waals surface area contributed by atoms with Crippen LogP contribution in [0.1, 0.15) is 47.3 Å². The first kappa shape index (κ1) is 26.0. The van der Waals surface area contributed by atoms with Gasteiger partial charge in [-0.25, -0.2) is 4.79 Å². The minimum Gasteiger partial charge on any atom is -0.497 e. The molecule has 6 nitrogen and oxygen atoms in total. The third-order valence-corrected chi connectivity index (χ3v) is 6.44. The standard InChI is InChI=1S/C31H34N2O4/c1-3-37-31(35)22-10-13-27(14-11-22)33-30(25-5-4-6-26(32)18-25)20-28(34)15-8-21-7-9-24-19-29(36-2)16-12-23(24)17-21/h4-7,9-14,16-19,28,30,33-34H,3,8,15,20,32H2,1-2H3. The molecule has 0 fully saturated rings. The number of fused-ring (bicyclic) bond motifs is 1. The van der Waals surface area contributed by atoms with Gasteiger partial charge in [0.1, 0.15) is 5.75 Å². The zero-order valence-electron chi connectivity index (χ0n) is 21.3. The van der Waals surface area contributed by atoms with E-state index >= 15 is 0 Å². The second kappa shape index (κ2) is 12.3. The maximum absolute atomic E-state index is 12.0. The smallest absolute Gasteiger partial charge is 0.338 e. The van der Waals surface area contributed by atoms with Crippen molar-refractivity contribution in [2.45, 2.75) is 38.3 Å². The van der Waals surface area contributed by atoms with Crippen molar-refractivity contribution >= 4 is 28.1 Å². The maximum Gasteiger partial charge on any atom is 0.338 e. The van der Waals surface area contributed by atoms with Gasteiger partial charge in [0.2, 0.25) is 0 Å². The molecule has 0 amide bonds. The van der Waals surface area contributed by atoms with Gasteiger partial charge in [-0.3, -0.25) is 0 Å². The Balaban J connectivity index is 1.44. The van der Waals surface area contributed by atoms with Crippen molar-refractivity contribution in [1.29, 1.82) is 0 Å². The van der Waals surface area contributed by atoms with Crippen LogP contribution in [0.3, 0.4) is 0 Å². The molecule has 4 N–H and O–H groups in total. The molecule has 6 heteroatoms. The molecule has 4 rings (SSSR count). The Labute approximate surface area is 218 Å². The normalized spacial score (nSPS) is 12.6. The van der Waals surface area contributed by atoms with Gasteiger partial charge in [0.15, 0.2) is 0 Å². The highest BCUT2D eigenvalue weighted by Crippen LogP contribution is 2.28. The second-order valence-corrected chi connectivity index (χ2v) is 9.14. The summed E-state index contributed by atoms with van der Waals surface area (Å²) >= 11 is 0. The van der Waals surface area contributed by atoms with E-state index in [-0.39, 0.29) is 12.0 Å². The molecule has 0 saturated carbocycles. The number of aliphatic hydroxyl groups excluding tert-OH is 1. The number of aryl methyl sites for hydroxylation is 1. The molecule has 2 atom stereocenters. The summed E-state index contributed by atoms with van der Waals surface area (Å²) in [5.41, 5.74) is 10.2. The predicted molar refractivity (Wildman–Crippen MR) is 149 cm³/mol. The molecule has 37 heavy (non-hydrogen) atoms. The third kappa shape index (κ3) is 7.02. The van der Waals surface area contributed by atoms with Gasteiger partial charge in [0.05, 0.1) is 31.4 Å². The average molecular weight is 499 g/mol. The number of aliphatic hydroxyl groups is 1. The molecule has 192 valence electrons. The number of nitrogens with one attached hydrogen (secondary N) is 1. The number of hydrogen-bond acceptors (Lipinski definition) is 6. The van der Waals surface area contributed by atoms with Gasteiger partial charge < -0.3 is 25.6 Å². The number of esters is 1. The summed E-state index contributed by atoms with van der Waals surface area (Å²) in [6.45, 7) is 2.12. The van der Waals surface area contributed by atoms with Crippen molar-refractivity contribution < 1.29 is 19.4 Å². The van der Waals surface area contributed by atoms with Crippen LogP contribution in [0.4, 0.5) is 11.4 Å². The maximum atomic E-state index is 12.0. The highest BCUT2D eigenvalue weighted by Gasteiger charge is 2.18. The minimum absolute atomic E-state index is 0.156. The Morgan fingerprint density at radius 1 is 0.973 bits per heavy atom. The molecule has 4 aromatic carbocycles. The molecule has 2 unspecified atom stereocenters. The number of nitrogen functional groups attached to an aromatic ring is 1. The molecule has 4 aromatic rings. The Morgan fingerprint density at radius 3 is 2.46 bits per heavy atom. The Kier molecular flexibility index (Phi) is 8.64. The summed E-state index contributed by atoms with van der Waals surface area (Å²) in [4.78, 5) is 12.0. The van der Waals surface area contributed by atoms with Crippen molar-refractivity contribution in [3.05, 3.63) is 102 Å². The van der Waals surface area contributed by atoms with Gasteiger partial charge >= 0.3 is 5.97 Å². The topological polar surface area (TPSA) is 93.8 Å². The summed E-state index contributed by atoms with van der Waals surface area (Å²) in [6.07, 6.45) is 1.38. The highest BCUT2D eigenvalue weighted by molar-refractivity contribution is 5.89. The number of anilines is 2. The largest absolute Gasteiger partial charge is 0.497 e. The number of methoxy groups -OCH3 is 1. The first-order valence-electron chi connectivity index (χ1n) is 12.6. The molecule has 0 saturated heterocycles. The summed E-state index contributed by atoms with van der Waals surface area (Å²) < 4.78 is 10.4. The fraction of sp³-hybridized carbons (Fsp3) is 0.258. The van der Waals surface area contributed by atoms with Gasteiger partial charge in [-0.2, -0.15) is 0 Å². The summed E-state index contributed by atoms with van der Waals surface area (Å²) in [6, 6.07) is 27.1. The lowest BCUT2D eigenvalue weighted by molar-refractivity contribution is 0.0526. The van der Waals surface area contributed by atoms with E-state index in [1.54, 1.807) is 26.2 Å². The van der Waals surface area contributed by atoms with Crippen LogP contribution in [0.2, 0.25) is 0 Å². The quantitative estimate of drug-likeness (QED) is 0.170. The van der Waals surface area contributed by atoms with E-state index in [4.69, 9.17) is 15.2 Å². The molecule has 0 aliphatic carbocycles. The van der Waals surface area contributed by atoms with E-state index in [2.05, 4.69) is 29.6 Å². The van der Waals surface area contributed by atoms with E-state index in [1.165, 1.54) is 5.56 Å². The zero-order chi connectivity index (χ0) is 26.2. The van der Waals surface area contributed by atoms with Crippen molar-refractivity contribution in [3.63, 3.8) is 0 Å². The second-order valence-electron chi connectivity index (χ2n) is 9.14. The minimum atomic E-state index is -0.524. The summed E-state index contributed by atoms with van der Waals surface area (Å²) in [5, 5.41) is 16.8. The monoisotopic (exact) mass is 498 g/mol. The SMILES string of the molecule is CCOC(=O)c1ccc(NC(CC(O)CCc2ccc3cc(OC)ccc3c2)c2cccc(N)c2)cc1. The lowest BCUT2D eigenvalue weighted by Crippen LogP contribution is -2.19. The predicted octanol–water partition coefficient (Wildman–Crippen LogP) is 6.14. The molecule has 0 bridgehead atoms. The number of hydrogen-bond donors (Lipinski definition) is 3. The number of benzene rings is 4. The molecule has 0 aliphatic rings. The number of nitrogens with two attached hydrogens (primary N) is 1. The summed E-state index contributed by atoms with van der Waals surface area (Å²) in [5.74, 6) is 0.496. The molecular weight excluding hydrogens is 464 g/mol. The Morgan fingerprint density at radius 2 is 1.73 bits per heavy atom. The van der Waals surface area contributed by atoms with E-state index in [0.29, 0.717) is 30.7 Å². The fourth-order valence-corrected chi connectivity index (χ4v) is 4.45. The van der Waals surface area contributed by atoms with Gasteiger partial charge in [0, 0.05) is 11.4 Å². The number of carbonyl (C=O) groups is 1. The first-order chi connectivity index (χ1) is 17.9. The molecule has 0 spiro atoms. The van der Waals surface area contributed by atoms with Crippen molar-refractivity contribution in [1.82, 2.24) is 0 Å². The van der Waals surface area contributed by atoms with Crippen LogP contribution in [0, 0.1) is 0 Å². The van der Waals surface area contributed by atoms with Crippen LogP contribution >= 0.6 is 0 Å². The van der Waals surface area contributed by atoms with Crippen molar-refractivity contribution in [2.24, 2.45) is 0 Å². The fourth-order valence-electron chi connectivity index (χ4n) is 4.45. The van der Waals surface area contributed by atoms with Crippen molar-refractivity contribution in [2.75, 3.05) is 24.8 Å². The van der Waals surface area contributed by atoms with Gasteiger partial charge in [-0.05, 0) is 96.6 Å². The molecular formula is C31H34N2O4. The van der Waals surface area contributed by atoms with Crippen LogP contribution in [-0.4, -0.2) is 30.9 Å². The summed E-state index contributed by atoms with van der Waals surface area (Å²) in [7, 11) is 1.67. The van der Waals surface area contributed by atoms with Gasteiger partial charge in [-0.15, -0.1) is 0 Å². The van der Waals surface area contributed by atoms with Crippen LogP contribution < -0.4 is 15.8 Å². The highest BCUT2D eigenvalue weighted by atomic mass is 16.5. The van der Waals surface area contributed by atoms with E-state index in [0.717, 1.165) is 34.2 Å². The van der Waals surface area contributed by atoms with Gasteiger partial charge in [-0.1, -0.05) is 36.4 Å². The third-order valence-electron chi connectivity index (χ3n) is 6.44. The van der Waals surface area contributed by atoms with E-state index in [9.17, 15) is 9.90 Å². The number of rotatable bonds is 11. The lowest BCUT2D eigenvalue weighted by atomic mass is 9.95. The zero-order valence-corrected chi connectivity index (χ0v) is 21.3. The van der Waals surface area contributed by atoms with Crippen LogP contribution in [0.5, 0.6) is 5.75 Å². The molecule has 0 aromatic heterocycles. The van der Waals surface area contributed by atoms with Crippen LogP contribution in [-0.2, 0) is 11.2 Å². The molecule has 0 aliphatic heterocycles. The van der Waals surface area contributed by atoms with E-state index < -0.39 is 6.10 Å². The van der Waals surface area contributed by atoms with Crippen LogP contribution in [0.25, 0.3) is 10.8 Å². The molecule has 0 radical (unpaired) electrons. The van der Waals surface area contributed by atoms with Crippen molar-refractivity contribution in [3.8, 4) is 5.75 Å². The van der Waals surface area contributed by atoms with Gasteiger partial charge in [0.25, 0.3) is 0 Å². The Hall–Kier alpha value is -4.03. The van der Waals surface area contributed by atoms with Crippen LogP contribution in [0.15, 0.2) is 84.9 Å². The average Bonchev–Trinajstić information content (AvgIpc) is 2.91. The number of carbonyl (C=O) groups excluding carboxylic acids is 1. The molecule has 0 heterocycles. The lowest BCUT2D eigenvalue weighted by Gasteiger charge is -2.24. The van der Waals surface area contributed by atoms with E-state index in [1.807, 2.05) is 48.5 Å². The Bertz CT molecular complexity index is 1340. The number of ether oxygens (including phenoxy) is 2.